The molecular formula is C21H24FNO7. The first-order chi connectivity index (χ1) is 14.4. The molecule has 5 N–H and O–H groups in total. The van der Waals surface area contributed by atoms with Crippen LogP contribution >= 0.6 is 0 Å². The highest BCUT2D eigenvalue weighted by molar-refractivity contribution is 5.94. The molecular weight excluding hydrogens is 397 g/mol. The van der Waals surface area contributed by atoms with E-state index in [2.05, 4.69) is 5.32 Å². The molecule has 2 aromatic rings. The molecule has 1 aliphatic rings. The number of nitrogens with one attached hydrogen (secondary N) is 1. The van der Waals surface area contributed by atoms with Crippen molar-refractivity contribution in [2.24, 2.45) is 0 Å². The molecule has 8 nitrogen and oxygen atoms in total. The van der Waals surface area contributed by atoms with Crippen LogP contribution in [0.1, 0.15) is 15.9 Å². The van der Waals surface area contributed by atoms with E-state index >= 15 is 0 Å². The van der Waals surface area contributed by atoms with Crippen LogP contribution in [0.2, 0.25) is 0 Å². The van der Waals surface area contributed by atoms with Crippen molar-refractivity contribution < 1.29 is 39.1 Å². The maximum atomic E-state index is 13.6. The zero-order valence-electron chi connectivity index (χ0n) is 16.0. The third-order valence-electron chi connectivity index (χ3n) is 4.85. The molecule has 0 aromatic heterocycles. The second kappa shape index (κ2) is 9.96. The molecule has 0 radical (unpaired) electrons. The molecule has 0 saturated carbocycles. The van der Waals surface area contributed by atoms with Gasteiger partial charge in [-0.05, 0) is 42.3 Å². The number of amides is 1. The van der Waals surface area contributed by atoms with E-state index in [1.807, 2.05) is 0 Å². The summed E-state index contributed by atoms with van der Waals surface area (Å²) in [5.74, 6) is -0.408. The Morgan fingerprint density at radius 2 is 1.73 bits per heavy atom. The average Bonchev–Trinajstić information content (AvgIpc) is 2.76. The van der Waals surface area contributed by atoms with Crippen molar-refractivity contribution in [2.75, 3.05) is 13.2 Å². The number of benzene rings is 2. The summed E-state index contributed by atoms with van der Waals surface area (Å²) in [6, 6.07) is 12.3. The first kappa shape index (κ1) is 22.1. The molecule has 162 valence electrons. The minimum atomic E-state index is -1.54. The number of hydrogen-bond donors (Lipinski definition) is 5. The largest absolute Gasteiger partial charge is 0.462 e. The van der Waals surface area contributed by atoms with Crippen molar-refractivity contribution in [1.82, 2.24) is 5.32 Å². The number of hydrogen-bond acceptors (Lipinski definition) is 7. The number of rotatable bonds is 7. The summed E-state index contributed by atoms with van der Waals surface area (Å²) in [6.45, 7) is -0.292. The predicted molar refractivity (Wildman–Crippen MR) is 103 cm³/mol. The Labute approximate surface area is 172 Å². The van der Waals surface area contributed by atoms with Crippen molar-refractivity contribution in [3.05, 3.63) is 65.5 Å². The van der Waals surface area contributed by atoms with E-state index in [1.165, 1.54) is 30.3 Å². The Morgan fingerprint density at radius 1 is 1.03 bits per heavy atom. The standard InChI is InChI=1S/C21H24FNO7/c22-15-4-2-1-3-12(15)9-10-23-20(28)13-5-7-14(8-6-13)29-21-19(27)18(26)17(25)16(11-24)30-21/h1-8,16-19,21,24-27H,9-11H2,(H,23,28)/t16-,17-,18+,19-,21-/m1/s1. The van der Waals surface area contributed by atoms with Gasteiger partial charge in [-0.2, -0.15) is 0 Å². The van der Waals surface area contributed by atoms with E-state index in [9.17, 15) is 29.6 Å². The lowest BCUT2D eigenvalue weighted by Crippen LogP contribution is -2.60. The molecule has 0 bridgehead atoms. The number of aliphatic hydroxyl groups is 4. The molecule has 2 aromatic carbocycles. The van der Waals surface area contributed by atoms with E-state index in [0.29, 0.717) is 17.5 Å². The van der Waals surface area contributed by atoms with Crippen LogP contribution in [0.4, 0.5) is 4.39 Å². The maximum Gasteiger partial charge on any atom is 0.251 e. The second-order valence-electron chi connectivity index (χ2n) is 6.94. The third-order valence-corrected chi connectivity index (χ3v) is 4.85. The molecule has 9 heteroatoms. The van der Waals surface area contributed by atoms with Gasteiger partial charge in [0.2, 0.25) is 6.29 Å². The van der Waals surface area contributed by atoms with Crippen LogP contribution in [0, 0.1) is 5.82 Å². The molecule has 3 rings (SSSR count). The van der Waals surface area contributed by atoms with Gasteiger partial charge in [0, 0.05) is 12.1 Å². The fourth-order valence-electron chi connectivity index (χ4n) is 3.10. The molecule has 0 unspecified atom stereocenters. The normalized spacial score (nSPS) is 26.2. The topological polar surface area (TPSA) is 128 Å². The summed E-state index contributed by atoms with van der Waals surface area (Å²) >= 11 is 0. The van der Waals surface area contributed by atoms with Gasteiger partial charge < -0.3 is 35.2 Å². The minimum absolute atomic E-state index is 0.252. The summed E-state index contributed by atoms with van der Waals surface area (Å²) < 4.78 is 24.3. The summed E-state index contributed by atoms with van der Waals surface area (Å²) in [4.78, 5) is 12.2. The van der Waals surface area contributed by atoms with Gasteiger partial charge in [0.05, 0.1) is 6.61 Å². The molecule has 0 aliphatic carbocycles. The predicted octanol–water partition coefficient (Wildman–Crippen LogP) is -0.0231. The van der Waals surface area contributed by atoms with Gasteiger partial charge >= 0.3 is 0 Å². The van der Waals surface area contributed by atoms with Crippen LogP contribution in [0.15, 0.2) is 48.5 Å². The van der Waals surface area contributed by atoms with Crippen LogP contribution < -0.4 is 10.1 Å². The molecule has 1 amide bonds. The van der Waals surface area contributed by atoms with Gasteiger partial charge in [-0.25, -0.2) is 4.39 Å². The minimum Gasteiger partial charge on any atom is -0.462 e. The van der Waals surface area contributed by atoms with Crippen molar-refractivity contribution in [3.63, 3.8) is 0 Å². The van der Waals surface area contributed by atoms with Gasteiger partial charge in [-0.1, -0.05) is 18.2 Å². The molecule has 1 saturated heterocycles. The van der Waals surface area contributed by atoms with Crippen LogP contribution in [0.3, 0.4) is 0 Å². The summed E-state index contributed by atoms with van der Waals surface area (Å²) in [5, 5.41) is 41.5. The average molecular weight is 421 g/mol. The van der Waals surface area contributed by atoms with Gasteiger partial charge in [-0.15, -0.1) is 0 Å². The lowest BCUT2D eigenvalue weighted by molar-refractivity contribution is -0.277. The zero-order valence-corrected chi connectivity index (χ0v) is 16.0. The Bertz CT molecular complexity index is 846. The maximum absolute atomic E-state index is 13.6. The van der Waals surface area contributed by atoms with Gasteiger partial charge in [-0.3, -0.25) is 4.79 Å². The van der Waals surface area contributed by atoms with Crippen molar-refractivity contribution in [2.45, 2.75) is 37.1 Å². The Hall–Kier alpha value is -2.56. The van der Waals surface area contributed by atoms with E-state index in [4.69, 9.17) is 9.47 Å². The molecule has 1 heterocycles. The number of ether oxygens (including phenoxy) is 2. The van der Waals surface area contributed by atoms with E-state index in [0.717, 1.165) is 0 Å². The van der Waals surface area contributed by atoms with Crippen LogP contribution in [0.25, 0.3) is 0 Å². The zero-order chi connectivity index (χ0) is 21.7. The van der Waals surface area contributed by atoms with Gasteiger partial charge in [0.25, 0.3) is 5.91 Å². The lowest BCUT2D eigenvalue weighted by atomic mass is 9.99. The van der Waals surface area contributed by atoms with Crippen molar-refractivity contribution >= 4 is 5.91 Å². The summed E-state index contributed by atoms with van der Waals surface area (Å²) in [7, 11) is 0. The molecule has 1 fully saturated rings. The highest BCUT2D eigenvalue weighted by atomic mass is 19.1. The second-order valence-corrected chi connectivity index (χ2v) is 6.94. The third kappa shape index (κ3) is 5.13. The Balaban J connectivity index is 1.54. The summed E-state index contributed by atoms with van der Waals surface area (Å²) in [5.41, 5.74) is 0.866. The highest BCUT2D eigenvalue weighted by Gasteiger charge is 2.44. The monoisotopic (exact) mass is 421 g/mol. The van der Waals surface area contributed by atoms with Crippen LogP contribution in [-0.4, -0.2) is 70.2 Å². The summed E-state index contributed by atoms with van der Waals surface area (Å²) in [6.07, 6.45) is -6.56. The Kier molecular flexibility index (Phi) is 7.35. The number of aliphatic hydroxyl groups excluding tert-OH is 4. The quantitative estimate of drug-likeness (QED) is 0.425. The number of halogens is 1. The van der Waals surface area contributed by atoms with Crippen LogP contribution in [0.5, 0.6) is 5.75 Å². The van der Waals surface area contributed by atoms with Gasteiger partial charge in [0.15, 0.2) is 0 Å². The molecule has 0 spiro atoms. The van der Waals surface area contributed by atoms with Crippen molar-refractivity contribution in [1.29, 1.82) is 0 Å². The van der Waals surface area contributed by atoms with E-state index < -0.39 is 37.3 Å². The smallest absolute Gasteiger partial charge is 0.251 e. The van der Waals surface area contributed by atoms with E-state index in [1.54, 1.807) is 18.2 Å². The highest BCUT2D eigenvalue weighted by Crippen LogP contribution is 2.24. The molecule has 5 atom stereocenters. The molecule has 30 heavy (non-hydrogen) atoms. The van der Waals surface area contributed by atoms with Crippen LogP contribution in [-0.2, 0) is 11.2 Å². The fourth-order valence-corrected chi connectivity index (χ4v) is 3.10. The SMILES string of the molecule is O=C(NCCc1ccccc1F)c1ccc(O[C@@H]2O[C@H](CO)[C@@H](O)[C@H](O)[C@H]2O)cc1. The van der Waals surface area contributed by atoms with Crippen molar-refractivity contribution in [3.8, 4) is 5.75 Å². The number of carbonyl (C=O) groups excluding carboxylic acids is 1. The molecule has 1 aliphatic heterocycles. The fraction of sp³-hybridized carbons (Fsp3) is 0.381. The first-order valence-electron chi connectivity index (χ1n) is 9.49. The van der Waals surface area contributed by atoms with Gasteiger partial charge in [0.1, 0.15) is 36.0 Å². The number of carbonyl (C=O) groups is 1. The Morgan fingerprint density at radius 3 is 2.40 bits per heavy atom. The first-order valence-corrected chi connectivity index (χ1v) is 9.49. The van der Waals surface area contributed by atoms with E-state index in [-0.39, 0.29) is 24.0 Å². The lowest BCUT2D eigenvalue weighted by Gasteiger charge is -2.39.